The van der Waals surface area contributed by atoms with Crippen LogP contribution in [-0.2, 0) is 11.2 Å². The van der Waals surface area contributed by atoms with Crippen molar-refractivity contribution in [3.8, 4) is 5.75 Å². The van der Waals surface area contributed by atoms with Gasteiger partial charge in [0, 0.05) is 32.6 Å². The summed E-state index contributed by atoms with van der Waals surface area (Å²) < 4.78 is 5.85. The van der Waals surface area contributed by atoms with Crippen LogP contribution in [0.5, 0.6) is 5.75 Å². The standard InChI is InChI=1S/C20H23N3O3S/c24-19(21-13-16-12-15-4-1-2-5-17(15)26-16)14-22-7-9-23(10-8-22)20(25)18-6-3-11-27-18/h1-6,11,16H,7-10,12-14H2,(H,21,24). The number of thiophene rings is 1. The number of nitrogens with zero attached hydrogens (tertiary/aromatic N) is 2. The molecule has 2 amide bonds. The Morgan fingerprint density at radius 1 is 1.11 bits per heavy atom. The second-order valence-electron chi connectivity index (χ2n) is 6.90. The van der Waals surface area contributed by atoms with Crippen LogP contribution in [0.1, 0.15) is 15.2 Å². The van der Waals surface area contributed by atoms with E-state index in [-0.39, 0.29) is 17.9 Å². The number of para-hydroxylation sites is 1. The van der Waals surface area contributed by atoms with E-state index in [0.717, 1.165) is 30.1 Å². The van der Waals surface area contributed by atoms with Gasteiger partial charge in [0.15, 0.2) is 0 Å². The van der Waals surface area contributed by atoms with E-state index < -0.39 is 0 Å². The number of nitrogens with one attached hydrogen (secondary N) is 1. The summed E-state index contributed by atoms with van der Waals surface area (Å²) in [6.45, 7) is 3.63. The molecule has 7 heteroatoms. The van der Waals surface area contributed by atoms with E-state index in [1.165, 1.54) is 16.9 Å². The topological polar surface area (TPSA) is 61.9 Å². The van der Waals surface area contributed by atoms with Gasteiger partial charge in [-0.2, -0.15) is 0 Å². The van der Waals surface area contributed by atoms with Crippen molar-refractivity contribution in [1.82, 2.24) is 15.1 Å². The minimum atomic E-state index is 0.00612. The Labute approximate surface area is 162 Å². The first kappa shape index (κ1) is 18.0. The number of hydrogen-bond donors (Lipinski definition) is 1. The van der Waals surface area contributed by atoms with Gasteiger partial charge in [0.05, 0.1) is 18.0 Å². The zero-order chi connectivity index (χ0) is 18.6. The number of carbonyl (C=O) groups excluding carboxylic acids is 2. The maximum absolute atomic E-state index is 12.4. The molecule has 2 aliphatic heterocycles. The Hall–Kier alpha value is -2.38. The molecule has 1 fully saturated rings. The smallest absolute Gasteiger partial charge is 0.264 e. The van der Waals surface area contributed by atoms with Gasteiger partial charge in [-0.1, -0.05) is 24.3 Å². The Kier molecular flexibility index (Phi) is 5.40. The molecule has 1 aromatic carbocycles. The van der Waals surface area contributed by atoms with Gasteiger partial charge in [-0.15, -0.1) is 11.3 Å². The van der Waals surface area contributed by atoms with Crippen LogP contribution >= 0.6 is 11.3 Å². The van der Waals surface area contributed by atoms with Crippen LogP contribution in [0.25, 0.3) is 0 Å². The van der Waals surface area contributed by atoms with E-state index in [1.54, 1.807) is 0 Å². The summed E-state index contributed by atoms with van der Waals surface area (Å²) in [6, 6.07) is 11.7. The molecule has 1 N–H and O–H groups in total. The lowest BCUT2D eigenvalue weighted by atomic mass is 10.1. The predicted molar refractivity (Wildman–Crippen MR) is 104 cm³/mol. The molecule has 2 aliphatic rings. The lowest BCUT2D eigenvalue weighted by molar-refractivity contribution is -0.122. The summed E-state index contributed by atoms with van der Waals surface area (Å²) in [5.74, 6) is 1.02. The first-order valence-corrected chi connectivity index (χ1v) is 10.1. The number of rotatable bonds is 5. The Morgan fingerprint density at radius 2 is 1.93 bits per heavy atom. The molecule has 142 valence electrons. The molecule has 1 atom stereocenters. The Balaban J connectivity index is 1.17. The average molecular weight is 385 g/mol. The maximum atomic E-state index is 12.4. The monoisotopic (exact) mass is 385 g/mol. The molecule has 1 unspecified atom stereocenters. The molecule has 1 aromatic heterocycles. The third-order valence-corrected chi connectivity index (χ3v) is 5.86. The van der Waals surface area contributed by atoms with Gasteiger partial charge in [-0.25, -0.2) is 0 Å². The number of amides is 2. The third kappa shape index (κ3) is 4.31. The highest BCUT2D eigenvalue weighted by atomic mass is 32.1. The molecule has 0 bridgehead atoms. The largest absolute Gasteiger partial charge is 0.488 e. The van der Waals surface area contributed by atoms with Gasteiger partial charge in [0.25, 0.3) is 5.91 Å². The maximum Gasteiger partial charge on any atom is 0.264 e. The van der Waals surface area contributed by atoms with Crippen molar-refractivity contribution in [3.05, 3.63) is 52.2 Å². The number of benzene rings is 1. The minimum Gasteiger partial charge on any atom is -0.488 e. The summed E-state index contributed by atoms with van der Waals surface area (Å²) >= 11 is 1.47. The second kappa shape index (κ2) is 8.10. The number of fused-ring (bicyclic) bond motifs is 1. The van der Waals surface area contributed by atoms with Gasteiger partial charge in [0.2, 0.25) is 5.91 Å². The van der Waals surface area contributed by atoms with Crippen LogP contribution in [-0.4, -0.2) is 67.0 Å². The van der Waals surface area contributed by atoms with Crippen LogP contribution in [0.15, 0.2) is 41.8 Å². The molecule has 0 radical (unpaired) electrons. The van der Waals surface area contributed by atoms with Gasteiger partial charge in [-0.05, 0) is 23.1 Å². The fraction of sp³-hybridized carbons (Fsp3) is 0.400. The zero-order valence-electron chi connectivity index (χ0n) is 15.1. The second-order valence-corrected chi connectivity index (χ2v) is 7.85. The molecular formula is C20H23N3O3S. The molecule has 4 rings (SSSR count). The third-order valence-electron chi connectivity index (χ3n) is 5.00. The van der Waals surface area contributed by atoms with E-state index in [9.17, 15) is 9.59 Å². The number of piperazine rings is 1. The summed E-state index contributed by atoms with van der Waals surface area (Å²) in [5.41, 5.74) is 1.20. The van der Waals surface area contributed by atoms with Crippen molar-refractivity contribution in [2.75, 3.05) is 39.3 Å². The van der Waals surface area contributed by atoms with Crippen molar-refractivity contribution in [2.24, 2.45) is 0 Å². The average Bonchev–Trinajstić information content (AvgIpc) is 3.36. The molecule has 27 heavy (non-hydrogen) atoms. The van der Waals surface area contributed by atoms with E-state index in [1.807, 2.05) is 40.6 Å². The normalized spacial score (nSPS) is 19.4. The van der Waals surface area contributed by atoms with E-state index >= 15 is 0 Å². The molecular weight excluding hydrogens is 362 g/mol. The van der Waals surface area contributed by atoms with Crippen LogP contribution in [0.3, 0.4) is 0 Å². The summed E-state index contributed by atoms with van der Waals surface area (Å²) in [4.78, 5) is 29.3. The molecule has 0 aliphatic carbocycles. The van der Waals surface area contributed by atoms with Gasteiger partial charge < -0.3 is 15.0 Å². The number of ether oxygens (including phenoxy) is 1. The van der Waals surface area contributed by atoms with E-state index in [2.05, 4.69) is 16.3 Å². The molecule has 6 nitrogen and oxygen atoms in total. The minimum absolute atomic E-state index is 0.00612. The number of carbonyl (C=O) groups is 2. The first-order valence-electron chi connectivity index (χ1n) is 9.25. The fourth-order valence-electron chi connectivity index (χ4n) is 3.52. The van der Waals surface area contributed by atoms with Crippen LogP contribution in [0.4, 0.5) is 0 Å². The first-order chi connectivity index (χ1) is 13.2. The highest BCUT2D eigenvalue weighted by molar-refractivity contribution is 7.12. The van der Waals surface area contributed by atoms with E-state index in [4.69, 9.17) is 4.74 Å². The van der Waals surface area contributed by atoms with Crippen LogP contribution in [0.2, 0.25) is 0 Å². The molecule has 0 saturated carbocycles. The summed E-state index contributed by atoms with van der Waals surface area (Å²) in [6.07, 6.45) is 0.839. The molecule has 3 heterocycles. The number of hydrogen-bond acceptors (Lipinski definition) is 5. The van der Waals surface area contributed by atoms with E-state index in [0.29, 0.717) is 26.2 Å². The van der Waals surface area contributed by atoms with Crippen LogP contribution in [0, 0.1) is 0 Å². The van der Waals surface area contributed by atoms with Crippen molar-refractivity contribution in [1.29, 1.82) is 0 Å². The zero-order valence-corrected chi connectivity index (χ0v) is 15.9. The lowest BCUT2D eigenvalue weighted by Crippen LogP contribution is -2.51. The van der Waals surface area contributed by atoms with Gasteiger partial charge in [-0.3, -0.25) is 14.5 Å². The van der Waals surface area contributed by atoms with Gasteiger partial charge in [0.1, 0.15) is 11.9 Å². The highest BCUT2D eigenvalue weighted by Crippen LogP contribution is 2.27. The SMILES string of the molecule is O=C(CN1CCN(C(=O)c2cccs2)CC1)NCC1Cc2ccccc2O1. The van der Waals surface area contributed by atoms with Gasteiger partial charge >= 0.3 is 0 Å². The lowest BCUT2D eigenvalue weighted by Gasteiger charge is -2.34. The van der Waals surface area contributed by atoms with Crippen molar-refractivity contribution >= 4 is 23.2 Å². The van der Waals surface area contributed by atoms with Crippen molar-refractivity contribution < 1.29 is 14.3 Å². The quantitative estimate of drug-likeness (QED) is 0.850. The van der Waals surface area contributed by atoms with Crippen molar-refractivity contribution in [3.63, 3.8) is 0 Å². The highest BCUT2D eigenvalue weighted by Gasteiger charge is 2.25. The fourth-order valence-corrected chi connectivity index (χ4v) is 4.21. The summed E-state index contributed by atoms with van der Waals surface area (Å²) in [7, 11) is 0. The van der Waals surface area contributed by atoms with Crippen molar-refractivity contribution in [2.45, 2.75) is 12.5 Å². The molecule has 0 spiro atoms. The molecule has 2 aromatic rings. The molecule has 1 saturated heterocycles. The Bertz CT molecular complexity index is 776. The summed E-state index contributed by atoms with van der Waals surface area (Å²) in [5, 5.41) is 4.90. The predicted octanol–water partition coefficient (Wildman–Crippen LogP) is 1.63. The Morgan fingerprint density at radius 3 is 2.67 bits per heavy atom. The van der Waals surface area contributed by atoms with Crippen LogP contribution < -0.4 is 10.1 Å².